The molecule has 1 saturated heterocycles. The van der Waals surface area contributed by atoms with Gasteiger partial charge < -0.3 is 20.4 Å². The average Bonchev–Trinajstić information content (AvgIpc) is 3.10. The Bertz CT molecular complexity index is 764. The van der Waals surface area contributed by atoms with Crippen molar-refractivity contribution in [1.82, 2.24) is 25.2 Å². The van der Waals surface area contributed by atoms with E-state index in [4.69, 9.17) is 10.2 Å². The molecule has 0 atom stereocenters. The molecule has 1 fully saturated rings. The maximum Gasteiger partial charge on any atom is 0.191 e. The Labute approximate surface area is 161 Å². The van der Waals surface area contributed by atoms with Crippen molar-refractivity contribution in [3.05, 3.63) is 17.1 Å². The lowest BCUT2D eigenvalue weighted by Gasteiger charge is -2.33. The number of hydrogen-bond donors (Lipinski definition) is 2. The van der Waals surface area contributed by atoms with Crippen LogP contribution in [0.3, 0.4) is 0 Å². The lowest BCUT2D eigenvalue weighted by Crippen LogP contribution is -2.44. The van der Waals surface area contributed by atoms with Crippen molar-refractivity contribution in [2.24, 2.45) is 0 Å². The normalized spacial score (nSPS) is 15.0. The molecule has 8 nitrogen and oxygen atoms in total. The van der Waals surface area contributed by atoms with Crippen LogP contribution in [0.2, 0.25) is 0 Å². The minimum atomic E-state index is 0.574. The number of thiazole rings is 1. The second-order valence-electron chi connectivity index (χ2n) is 5.90. The van der Waals surface area contributed by atoms with Gasteiger partial charge in [0, 0.05) is 44.5 Å². The van der Waals surface area contributed by atoms with E-state index in [1.165, 1.54) is 11.3 Å². The van der Waals surface area contributed by atoms with Gasteiger partial charge in [-0.2, -0.15) is 5.26 Å². The van der Waals surface area contributed by atoms with Crippen LogP contribution in [-0.4, -0.2) is 72.4 Å². The van der Waals surface area contributed by atoms with E-state index in [0.717, 1.165) is 49.5 Å². The van der Waals surface area contributed by atoms with Gasteiger partial charge in [0.2, 0.25) is 0 Å². The number of rotatable bonds is 7. The van der Waals surface area contributed by atoms with E-state index in [9.17, 15) is 0 Å². The van der Waals surface area contributed by atoms with Crippen LogP contribution in [0.15, 0.2) is 17.4 Å². The lowest BCUT2D eigenvalue weighted by atomic mass is 10.3. The highest BCUT2D eigenvalue weighted by molar-refractivity contribution is 7.99. The number of anilines is 3. The van der Waals surface area contributed by atoms with Gasteiger partial charge in [0.25, 0.3) is 0 Å². The van der Waals surface area contributed by atoms with Crippen molar-refractivity contribution in [1.29, 1.82) is 5.26 Å². The molecule has 26 heavy (non-hydrogen) atoms. The summed E-state index contributed by atoms with van der Waals surface area (Å²) in [4.78, 5) is 18.8. The standard InChI is InChI=1S/C16H22N8S2/c1-18-3-8-25-16-21-13(20-15-19-11-12(10-17)26-15)9-14(22-16)24-6-4-23(2)5-7-24/h9,11,18H,3-8H2,1-2H3,(H,19,20,21,22). The first kappa shape index (κ1) is 18.8. The van der Waals surface area contributed by atoms with Gasteiger partial charge in [-0.3, -0.25) is 0 Å². The van der Waals surface area contributed by atoms with Crippen LogP contribution in [0.25, 0.3) is 0 Å². The van der Waals surface area contributed by atoms with Crippen molar-refractivity contribution in [2.45, 2.75) is 5.16 Å². The Morgan fingerprint density at radius 2 is 2.12 bits per heavy atom. The monoisotopic (exact) mass is 390 g/mol. The Morgan fingerprint density at radius 3 is 2.81 bits per heavy atom. The number of piperazine rings is 1. The highest BCUT2D eigenvalue weighted by Crippen LogP contribution is 2.26. The molecule has 0 aromatic carbocycles. The van der Waals surface area contributed by atoms with Crippen molar-refractivity contribution in [2.75, 3.05) is 62.8 Å². The molecule has 138 valence electrons. The number of likely N-dealkylation sites (N-methyl/N-ethyl adjacent to an activating group) is 1. The van der Waals surface area contributed by atoms with Crippen LogP contribution in [0.5, 0.6) is 0 Å². The van der Waals surface area contributed by atoms with E-state index in [1.807, 2.05) is 13.1 Å². The number of nitrogens with one attached hydrogen (secondary N) is 2. The highest BCUT2D eigenvalue weighted by atomic mass is 32.2. The van der Waals surface area contributed by atoms with Gasteiger partial charge in [0.1, 0.15) is 22.6 Å². The van der Waals surface area contributed by atoms with Gasteiger partial charge in [0.15, 0.2) is 10.3 Å². The van der Waals surface area contributed by atoms with Gasteiger partial charge >= 0.3 is 0 Å². The third kappa shape index (κ3) is 5.04. The minimum absolute atomic E-state index is 0.574. The third-order valence-corrected chi connectivity index (χ3v) is 5.62. The van der Waals surface area contributed by atoms with Gasteiger partial charge in [-0.1, -0.05) is 23.1 Å². The first-order valence-electron chi connectivity index (χ1n) is 8.41. The zero-order valence-electron chi connectivity index (χ0n) is 14.9. The third-order valence-electron chi connectivity index (χ3n) is 3.95. The molecule has 3 rings (SSSR count). The second kappa shape index (κ2) is 9.14. The molecule has 0 aliphatic carbocycles. The molecule has 2 N–H and O–H groups in total. The molecule has 10 heteroatoms. The van der Waals surface area contributed by atoms with Crippen LogP contribution in [0.1, 0.15) is 4.88 Å². The summed E-state index contributed by atoms with van der Waals surface area (Å²) in [7, 11) is 4.07. The SMILES string of the molecule is CNCCSc1nc(Nc2ncc(C#N)s2)cc(N2CCN(C)CC2)n1. The summed E-state index contributed by atoms with van der Waals surface area (Å²) >= 11 is 2.94. The molecule has 2 aromatic heterocycles. The summed E-state index contributed by atoms with van der Waals surface area (Å²) in [6.07, 6.45) is 1.57. The second-order valence-corrected chi connectivity index (χ2v) is 8.00. The van der Waals surface area contributed by atoms with E-state index in [2.05, 4.69) is 43.5 Å². The Morgan fingerprint density at radius 1 is 1.31 bits per heavy atom. The molecule has 0 saturated carbocycles. The Balaban J connectivity index is 1.80. The first-order chi connectivity index (χ1) is 12.7. The number of thioether (sulfide) groups is 1. The maximum absolute atomic E-state index is 8.96. The fraction of sp³-hybridized carbons (Fsp3) is 0.500. The summed E-state index contributed by atoms with van der Waals surface area (Å²) in [6.45, 7) is 4.83. The Kier molecular flexibility index (Phi) is 6.62. The first-order valence-corrected chi connectivity index (χ1v) is 10.2. The van der Waals surface area contributed by atoms with Gasteiger partial charge in [0.05, 0.1) is 6.20 Å². The number of hydrogen-bond acceptors (Lipinski definition) is 10. The van der Waals surface area contributed by atoms with Crippen molar-refractivity contribution in [3.8, 4) is 6.07 Å². The summed E-state index contributed by atoms with van der Waals surface area (Å²) in [5.41, 5.74) is 0. The average molecular weight is 391 g/mol. The fourth-order valence-electron chi connectivity index (χ4n) is 2.48. The smallest absolute Gasteiger partial charge is 0.191 e. The van der Waals surface area contributed by atoms with E-state index < -0.39 is 0 Å². The molecule has 0 spiro atoms. The quantitative estimate of drug-likeness (QED) is 0.415. The van der Waals surface area contributed by atoms with Crippen LogP contribution in [-0.2, 0) is 0 Å². The van der Waals surface area contributed by atoms with Crippen LogP contribution in [0.4, 0.5) is 16.8 Å². The summed E-state index contributed by atoms with van der Waals surface area (Å²) in [5.74, 6) is 2.54. The Hall–Kier alpha value is -1.93. The molecule has 3 heterocycles. The van der Waals surface area contributed by atoms with Crippen molar-refractivity contribution in [3.63, 3.8) is 0 Å². The largest absolute Gasteiger partial charge is 0.354 e. The van der Waals surface area contributed by atoms with E-state index in [0.29, 0.717) is 15.8 Å². The summed E-state index contributed by atoms with van der Waals surface area (Å²) in [5, 5.41) is 16.7. The lowest BCUT2D eigenvalue weighted by molar-refractivity contribution is 0.312. The van der Waals surface area contributed by atoms with Crippen LogP contribution < -0.4 is 15.5 Å². The van der Waals surface area contributed by atoms with Gasteiger partial charge in [-0.25, -0.2) is 15.0 Å². The zero-order chi connectivity index (χ0) is 18.4. The molecule has 0 amide bonds. The summed E-state index contributed by atoms with van der Waals surface area (Å²) < 4.78 is 0. The van der Waals surface area contributed by atoms with Crippen LogP contribution in [0, 0.1) is 11.3 Å². The predicted molar refractivity (Wildman–Crippen MR) is 107 cm³/mol. The van der Waals surface area contributed by atoms with Gasteiger partial charge in [-0.15, -0.1) is 0 Å². The minimum Gasteiger partial charge on any atom is -0.354 e. The molecule has 2 aromatic rings. The van der Waals surface area contributed by atoms with Gasteiger partial charge in [-0.05, 0) is 14.1 Å². The molecule has 0 unspecified atom stereocenters. The van der Waals surface area contributed by atoms with E-state index in [-0.39, 0.29) is 0 Å². The molecule has 0 bridgehead atoms. The highest BCUT2D eigenvalue weighted by Gasteiger charge is 2.17. The molecule has 1 aliphatic rings. The fourth-order valence-corrected chi connectivity index (χ4v) is 3.91. The topological polar surface area (TPSA) is 93.0 Å². The van der Waals surface area contributed by atoms with E-state index >= 15 is 0 Å². The maximum atomic E-state index is 8.96. The van der Waals surface area contributed by atoms with Crippen LogP contribution >= 0.6 is 23.1 Å². The number of nitrogens with zero attached hydrogens (tertiary/aromatic N) is 6. The molecular formula is C16H22N8S2. The zero-order valence-corrected chi connectivity index (χ0v) is 16.5. The molecule has 1 aliphatic heterocycles. The van der Waals surface area contributed by atoms with E-state index in [1.54, 1.807) is 18.0 Å². The van der Waals surface area contributed by atoms with Crippen molar-refractivity contribution < 1.29 is 0 Å². The predicted octanol–water partition coefficient (Wildman–Crippen LogP) is 1.61. The summed E-state index contributed by atoms with van der Waals surface area (Å²) in [6, 6.07) is 4.06. The number of nitriles is 1. The molecular weight excluding hydrogens is 368 g/mol. The molecule has 0 radical (unpaired) electrons. The number of aromatic nitrogens is 3. The van der Waals surface area contributed by atoms with Crippen molar-refractivity contribution >= 4 is 39.9 Å².